The molecule has 3 heterocycles. The summed E-state index contributed by atoms with van der Waals surface area (Å²) in [4.78, 5) is 21.7. The third-order valence-electron chi connectivity index (χ3n) is 5.45. The summed E-state index contributed by atoms with van der Waals surface area (Å²) in [5.74, 6) is 1.11. The highest BCUT2D eigenvalue weighted by molar-refractivity contribution is 8.24. The summed E-state index contributed by atoms with van der Waals surface area (Å²) in [6.45, 7) is 2.03. The lowest BCUT2D eigenvalue weighted by molar-refractivity contribution is 0.495. The molecule has 0 spiro atoms. The van der Waals surface area contributed by atoms with E-state index in [1.165, 1.54) is 0 Å². The first-order chi connectivity index (χ1) is 14.8. The maximum atomic E-state index is 12.9. The SMILES string of the molecule is CC[C@H](c1cccc(Cl)c1)n1ccc(-c2ccnc(NC3CCS(O)(O)C3)n2)cc1=O. The van der Waals surface area contributed by atoms with Crippen molar-refractivity contribution in [2.45, 2.75) is 31.8 Å². The number of anilines is 1. The molecule has 2 atom stereocenters. The van der Waals surface area contributed by atoms with Crippen LogP contribution < -0.4 is 10.9 Å². The van der Waals surface area contributed by atoms with Crippen LogP contribution in [0.1, 0.15) is 31.4 Å². The molecule has 1 aliphatic heterocycles. The molecule has 1 saturated heterocycles. The summed E-state index contributed by atoms with van der Waals surface area (Å²) < 4.78 is 21.3. The van der Waals surface area contributed by atoms with E-state index in [-0.39, 0.29) is 17.6 Å². The highest BCUT2D eigenvalue weighted by atomic mass is 35.5. The van der Waals surface area contributed by atoms with Gasteiger partial charge in [-0.2, -0.15) is 10.6 Å². The Morgan fingerprint density at radius 1 is 1.29 bits per heavy atom. The summed E-state index contributed by atoms with van der Waals surface area (Å²) in [7, 11) is -2.50. The predicted octanol–water partition coefficient (Wildman–Crippen LogP) is 4.89. The molecule has 1 unspecified atom stereocenters. The summed E-state index contributed by atoms with van der Waals surface area (Å²) >= 11 is 6.14. The van der Waals surface area contributed by atoms with Gasteiger partial charge in [-0.05, 0) is 42.7 Å². The minimum Gasteiger partial charge on any atom is -0.350 e. The van der Waals surface area contributed by atoms with Gasteiger partial charge >= 0.3 is 0 Å². The van der Waals surface area contributed by atoms with Crippen LogP contribution in [0.2, 0.25) is 5.02 Å². The second-order valence-corrected chi connectivity index (χ2v) is 10.5. The third-order valence-corrected chi connectivity index (χ3v) is 7.51. The molecule has 31 heavy (non-hydrogen) atoms. The molecule has 1 aliphatic rings. The Morgan fingerprint density at radius 2 is 2.13 bits per heavy atom. The molecule has 4 rings (SSSR count). The molecular weight excluding hydrogens is 436 g/mol. The molecule has 2 aromatic heterocycles. The van der Waals surface area contributed by atoms with Crippen LogP contribution in [0.3, 0.4) is 0 Å². The fraction of sp³-hybridized carbons (Fsp3) is 0.318. The second-order valence-electron chi connectivity index (χ2n) is 7.71. The zero-order valence-electron chi connectivity index (χ0n) is 17.1. The lowest BCUT2D eigenvalue weighted by Gasteiger charge is -2.26. The molecule has 164 valence electrons. The number of aromatic nitrogens is 3. The van der Waals surface area contributed by atoms with Gasteiger partial charge in [0, 0.05) is 40.8 Å². The van der Waals surface area contributed by atoms with Gasteiger partial charge in [-0.1, -0.05) is 30.7 Å². The molecule has 7 nitrogen and oxygen atoms in total. The maximum Gasteiger partial charge on any atom is 0.251 e. The van der Waals surface area contributed by atoms with Crippen molar-refractivity contribution in [3.8, 4) is 11.3 Å². The average Bonchev–Trinajstić information content (AvgIpc) is 3.08. The molecule has 3 aromatic rings. The van der Waals surface area contributed by atoms with Crippen LogP contribution in [0, 0.1) is 0 Å². The van der Waals surface area contributed by atoms with Gasteiger partial charge in [-0.25, -0.2) is 9.97 Å². The summed E-state index contributed by atoms with van der Waals surface area (Å²) in [6.07, 6.45) is 4.83. The highest BCUT2D eigenvalue weighted by Crippen LogP contribution is 2.46. The molecule has 3 N–H and O–H groups in total. The smallest absolute Gasteiger partial charge is 0.251 e. The van der Waals surface area contributed by atoms with Crippen molar-refractivity contribution in [3.63, 3.8) is 0 Å². The number of hydrogen-bond acceptors (Lipinski definition) is 6. The van der Waals surface area contributed by atoms with E-state index in [0.29, 0.717) is 40.2 Å². The minimum atomic E-state index is -2.50. The Balaban J connectivity index is 1.57. The van der Waals surface area contributed by atoms with Crippen molar-refractivity contribution in [1.82, 2.24) is 14.5 Å². The van der Waals surface area contributed by atoms with E-state index >= 15 is 0 Å². The molecule has 1 fully saturated rings. The van der Waals surface area contributed by atoms with Crippen molar-refractivity contribution in [2.24, 2.45) is 0 Å². The van der Waals surface area contributed by atoms with Gasteiger partial charge in [0.1, 0.15) is 0 Å². The fourth-order valence-electron chi connectivity index (χ4n) is 3.92. The molecule has 0 bridgehead atoms. The lowest BCUT2D eigenvalue weighted by atomic mass is 10.0. The standard InChI is InChI=1S/C22H25ClN4O3S/c1-2-20(16-4-3-5-17(23)12-16)27-10-7-15(13-21(27)28)19-6-9-24-22(26-19)25-18-8-11-31(29,30)14-18/h3-7,9-10,12-13,18,20,29-30H,2,8,11,14H2,1H3,(H,24,25,26)/t18?,20-/m1/s1. The number of hydrogen-bond donors (Lipinski definition) is 3. The van der Waals surface area contributed by atoms with Crippen LogP contribution >= 0.6 is 22.2 Å². The quantitative estimate of drug-likeness (QED) is 0.484. The Hall–Kier alpha value is -2.39. The largest absolute Gasteiger partial charge is 0.350 e. The fourth-order valence-corrected chi connectivity index (χ4v) is 5.84. The molecular formula is C22H25ClN4O3S. The Bertz CT molecular complexity index is 1140. The second kappa shape index (κ2) is 9.00. The first-order valence-corrected chi connectivity index (χ1v) is 12.4. The summed E-state index contributed by atoms with van der Waals surface area (Å²) in [6, 6.07) is 12.6. The molecule has 0 aliphatic carbocycles. The van der Waals surface area contributed by atoms with Crippen LogP contribution in [0.15, 0.2) is 59.7 Å². The Kier molecular flexibility index (Phi) is 6.34. The normalized spacial score (nSPS) is 19.7. The minimum absolute atomic E-state index is 0.0729. The van der Waals surface area contributed by atoms with Crippen molar-refractivity contribution < 1.29 is 9.11 Å². The van der Waals surface area contributed by atoms with E-state index in [1.54, 1.807) is 29.1 Å². The lowest BCUT2D eigenvalue weighted by Crippen LogP contribution is -2.24. The zero-order valence-corrected chi connectivity index (χ0v) is 18.7. The van der Waals surface area contributed by atoms with E-state index in [4.69, 9.17) is 11.6 Å². The van der Waals surface area contributed by atoms with Crippen molar-refractivity contribution in [3.05, 3.63) is 75.8 Å². The van der Waals surface area contributed by atoms with Crippen LogP contribution in [-0.4, -0.2) is 41.2 Å². The number of pyridine rings is 1. The van der Waals surface area contributed by atoms with Crippen LogP contribution in [0.5, 0.6) is 0 Å². The Labute approximate surface area is 187 Å². The van der Waals surface area contributed by atoms with Gasteiger partial charge in [0.15, 0.2) is 0 Å². The van der Waals surface area contributed by atoms with Crippen molar-refractivity contribution >= 4 is 28.1 Å². The first-order valence-electron chi connectivity index (χ1n) is 10.2. The van der Waals surface area contributed by atoms with Gasteiger partial charge < -0.3 is 9.88 Å². The predicted molar refractivity (Wildman–Crippen MR) is 126 cm³/mol. The topological polar surface area (TPSA) is 100 Å². The number of benzene rings is 1. The van der Waals surface area contributed by atoms with Crippen molar-refractivity contribution in [1.29, 1.82) is 0 Å². The number of nitrogens with zero attached hydrogens (tertiary/aromatic N) is 3. The number of halogens is 1. The van der Waals surface area contributed by atoms with Gasteiger partial charge in [0.25, 0.3) is 5.56 Å². The zero-order chi connectivity index (χ0) is 22.0. The van der Waals surface area contributed by atoms with Crippen LogP contribution in [-0.2, 0) is 0 Å². The van der Waals surface area contributed by atoms with Crippen LogP contribution in [0.4, 0.5) is 5.95 Å². The van der Waals surface area contributed by atoms with E-state index in [2.05, 4.69) is 15.3 Å². The maximum absolute atomic E-state index is 12.9. The molecule has 0 saturated carbocycles. The molecule has 0 radical (unpaired) electrons. The van der Waals surface area contributed by atoms with Gasteiger partial charge in [-0.3, -0.25) is 13.9 Å². The van der Waals surface area contributed by atoms with E-state index in [0.717, 1.165) is 12.0 Å². The third kappa shape index (κ3) is 5.10. The summed E-state index contributed by atoms with van der Waals surface area (Å²) in [5.41, 5.74) is 2.19. The van der Waals surface area contributed by atoms with Gasteiger partial charge in [0.2, 0.25) is 5.95 Å². The van der Waals surface area contributed by atoms with E-state index in [1.807, 2.05) is 37.3 Å². The van der Waals surface area contributed by atoms with Crippen molar-refractivity contribution in [2.75, 3.05) is 16.8 Å². The monoisotopic (exact) mass is 460 g/mol. The molecule has 9 heteroatoms. The first kappa shape index (κ1) is 21.8. The van der Waals surface area contributed by atoms with E-state index in [9.17, 15) is 13.9 Å². The Morgan fingerprint density at radius 3 is 2.81 bits per heavy atom. The number of nitrogens with one attached hydrogen (secondary N) is 1. The highest BCUT2D eigenvalue weighted by Gasteiger charge is 2.28. The van der Waals surface area contributed by atoms with Gasteiger partial charge in [-0.15, -0.1) is 0 Å². The van der Waals surface area contributed by atoms with E-state index < -0.39 is 10.6 Å². The average molecular weight is 461 g/mol. The molecule has 1 aromatic carbocycles. The summed E-state index contributed by atoms with van der Waals surface area (Å²) in [5, 5.41) is 3.81. The molecule has 0 amide bonds. The number of rotatable bonds is 6. The van der Waals surface area contributed by atoms with Crippen LogP contribution in [0.25, 0.3) is 11.3 Å². The van der Waals surface area contributed by atoms with Gasteiger partial charge in [0.05, 0.1) is 17.5 Å².